The van der Waals surface area contributed by atoms with Crippen LogP contribution in [0.1, 0.15) is 30.3 Å². The van der Waals surface area contributed by atoms with Crippen LogP contribution >= 0.6 is 23.1 Å². The summed E-state index contributed by atoms with van der Waals surface area (Å²) in [4.78, 5) is 38.2. The van der Waals surface area contributed by atoms with Gasteiger partial charge < -0.3 is 15.7 Å². The molecule has 0 saturated heterocycles. The van der Waals surface area contributed by atoms with Gasteiger partial charge in [-0.05, 0) is 18.4 Å². The maximum atomic E-state index is 11.9. The van der Waals surface area contributed by atoms with Crippen LogP contribution in [0.25, 0.3) is 0 Å². The molecule has 7 nitrogen and oxygen atoms in total. The topological polar surface area (TPSA) is 108 Å². The SMILES string of the molecule is CCC(=O)Nc1nc(C(=O)NC(CCSC)C(=O)O)cs1. The Morgan fingerprint density at radius 3 is 2.76 bits per heavy atom. The molecular formula is C12H17N3O4S2. The van der Waals surface area contributed by atoms with Crippen molar-refractivity contribution < 1.29 is 19.5 Å². The lowest BCUT2D eigenvalue weighted by atomic mass is 10.2. The molecule has 1 aromatic heterocycles. The number of aliphatic carboxylic acids is 1. The van der Waals surface area contributed by atoms with Crippen molar-refractivity contribution in [1.82, 2.24) is 10.3 Å². The smallest absolute Gasteiger partial charge is 0.326 e. The summed E-state index contributed by atoms with van der Waals surface area (Å²) in [5.41, 5.74) is 0.0989. The van der Waals surface area contributed by atoms with Crippen molar-refractivity contribution in [1.29, 1.82) is 0 Å². The molecule has 0 aliphatic carbocycles. The van der Waals surface area contributed by atoms with E-state index in [0.29, 0.717) is 23.7 Å². The molecule has 1 heterocycles. The zero-order valence-corrected chi connectivity index (χ0v) is 13.3. The highest BCUT2D eigenvalue weighted by molar-refractivity contribution is 7.98. The molecule has 0 aliphatic rings. The lowest BCUT2D eigenvalue weighted by Gasteiger charge is -2.12. The van der Waals surface area contributed by atoms with E-state index in [0.717, 1.165) is 11.3 Å². The number of anilines is 1. The van der Waals surface area contributed by atoms with Crippen molar-refractivity contribution in [2.24, 2.45) is 0 Å². The number of carboxylic acid groups (broad SMARTS) is 1. The molecule has 0 bridgehead atoms. The first-order valence-electron chi connectivity index (χ1n) is 6.25. The minimum Gasteiger partial charge on any atom is -0.480 e. The summed E-state index contributed by atoms with van der Waals surface area (Å²) >= 11 is 2.63. The fourth-order valence-corrected chi connectivity index (χ4v) is 2.55. The van der Waals surface area contributed by atoms with Gasteiger partial charge in [0.15, 0.2) is 5.13 Å². The van der Waals surface area contributed by atoms with Crippen LogP contribution in [-0.2, 0) is 9.59 Å². The molecule has 2 amide bonds. The summed E-state index contributed by atoms with van der Waals surface area (Å²) in [7, 11) is 0. The number of carbonyl (C=O) groups excluding carboxylic acids is 2. The summed E-state index contributed by atoms with van der Waals surface area (Å²) in [6.07, 6.45) is 2.52. The van der Waals surface area contributed by atoms with Gasteiger partial charge in [-0.15, -0.1) is 11.3 Å². The number of nitrogens with zero attached hydrogens (tertiary/aromatic N) is 1. The largest absolute Gasteiger partial charge is 0.480 e. The van der Waals surface area contributed by atoms with Gasteiger partial charge in [-0.2, -0.15) is 11.8 Å². The third-order valence-corrected chi connectivity index (χ3v) is 3.92. The second kappa shape index (κ2) is 8.63. The number of rotatable bonds is 8. The van der Waals surface area contributed by atoms with E-state index in [4.69, 9.17) is 5.11 Å². The maximum absolute atomic E-state index is 11.9. The molecule has 1 aromatic rings. The Bertz CT molecular complexity index is 518. The average molecular weight is 331 g/mol. The summed E-state index contributed by atoms with van der Waals surface area (Å²) in [5.74, 6) is -1.20. The molecule has 1 atom stereocenters. The van der Waals surface area contributed by atoms with E-state index in [2.05, 4.69) is 15.6 Å². The van der Waals surface area contributed by atoms with Gasteiger partial charge in [-0.1, -0.05) is 6.92 Å². The minimum atomic E-state index is -1.08. The first kappa shape index (κ1) is 17.4. The number of amides is 2. The first-order chi connectivity index (χ1) is 9.97. The van der Waals surface area contributed by atoms with Crippen LogP contribution in [0.2, 0.25) is 0 Å². The van der Waals surface area contributed by atoms with Gasteiger partial charge in [0.25, 0.3) is 5.91 Å². The number of thiazole rings is 1. The molecule has 1 rings (SSSR count). The van der Waals surface area contributed by atoms with Crippen molar-refractivity contribution >= 4 is 46.0 Å². The Balaban J connectivity index is 2.65. The molecule has 0 fully saturated rings. The zero-order valence-electron chi connectivity index (χ0n) is 11.7. The predicted molar refractivity (Wildman–Crippen MR) is 82.9 cm³/mol. The lowest BCUT2D eigenvalue weighted by molar-refractivity contribution is -0.139. The first-order valence-corrected chi connectivity index (χ1v) is 8.53. The molecule has 0 saturated carbocycles. The highest BCUT2D eigenvalue weighted by Crippen LogP contribution is 2.16. The predicted octanol–water partition coefficient (Wildman–Crippen LogP) is 1.43. The molecule has 0 radical (unpaired) electrons. The fourth-order valence-electron chi connectivity index (χ4n) is 1.37. The number of hydrogen-bond acceptors (Lipinski definition) is 6. The van der Waals surface area contributed by atoms with Crippen LogP contribution in [0, 0.1) is 0 Å². The molecule has 9 heteroatoms. The molecule has 116 valence electrons. The van der Waals surface area contributed by atoms with Crippen molar-refractivity contribution in [2.45, 2.75) is 25.8 Å². The van der Waals surface area contributed by atoms with Crippen LogP contribution in [0.5, 0.6) is 0 Å². The van der Waals surface area contributed by atoms with E-state index >= 15 is 0 Å². The number of carboxylic acids is 1. The van der Waals surface area contributed by atoms with Crippen LogP contribution in [0.15, 0.2) is 5.38 Å². The van der Waals surface area contributed by atoms with Crippen molar-refractivity contribution in [2.75, 3.05) is 17.3 Å². The monoisotopic (exact) mass is 331 g/mol. The van der Waals surface area contributed by atoms with E-state index in [-0.39, 0.29) is 11.6 Å². The van der Waals surface area contributed by atoms with Gasteiger partial charge >= 0.3 is 5.97 Å². The molecule has 0 aliphatic heterocycles. The Labute approximate surface area is 130 Å². The fraction of sp³-hybridized carbons (Fsp3) is 0.500. The van der Waals surface area contributed by atoms with Gasteiger partial charge in [0.1, 0.15) is 11.7 Å². The number of nitrogens with one attached hydrogen (secondary N) is 2. The quantitative estimate of drug-likeness (QED) is 0.665. The van der Waals surface area contributed by atoms with E-state index in [1.807, 2.05) is 6.26 Å². The van der Waals surface area contributed by atoms with Crippen LogP contribution in [0.3, 0.4) is 0 Å². The highest BCUT2D eigenvalue weighted by Gasteiger charge is 2.21. The van der Waals surface area contributed by atoms with Crippen molar-refractivity contribution in [3.05, 3.63) is 11.1 Å². The van der Waals surface area contributed by atoms with Crippen LogP contribution < -0.4 is 10.6 Å². The Morgan fingerprint density at radius 2 is 2.19 bits per heavy atom. The number of hydrogen-bond donors (Lipinski definition) is 3. The minimum absolute atomic E-state index is 0.0989. The lowest BCUT2D eigenvalue weighted by Crippen LogP contribution is -2.41. The van der Waals surface area contributed by atoms with E-state index in [1.165, 1.54) is 17.1 Å². The molecule has 0 spiro atoms. The standard InChI is InChI=1S/C12H17N3O4S2/c1-3-9(16)15-12-14-8(6-21-12)10(17)13-7(11(18)19)4-5-20-2/h6-7H,3-5H2,1-2H3,(H,13,17)(H,18,19)(H,14,15,16). The summed E-state index contributed by atoms with van der Waals surface area (Å²) < 4.78 is 0. The zero-order chi connectivity index (χ0) is 15.8. The summed E-state index contributed by atoms with van der Waals surface area (Å²) in [6.45, 7) is 1.71. The number of thioether (sulfide) groups is 1. The normalized spacial score (nSPS) is 11.7. The number of aromatic nitrogens is 1. The summed E-state index contributed by atoms with van der Waals surface area (Å²) in [6, 6.07) is -0.944. The number of carbonyl (C=O) groups is 3. The molecule has 21 heavy (non-hydrogen) atoms. The maximum Gasteiger partial charge on any atom is 0.326 e. The Hall–Kier alpha value is -1.61. The van der Waals surface area contributed by atoms with E-state index < -0.39 is 17.9 Å². The van der Waals surface area contributed by atoms with Gasteiger partial charge in [0.05, 0.1) is 0 Å². The Kier molecular flexibility index (Phi) is 7.17. The molecular weight excluding hydrogens is 314 g/mol. The van der Waals surface area contributed by atoms with Gasteiger partial charge in [0.2, 0.25) is 5.91 Å². The molecule has 3 N–H and O–H groups in total. The Morgan fingerprint density at radius 1 is 1.48 bits per heavy atom. The third kappa shape index (κ3) is 5.72. The van der Waals surface area contributed by atoms with Gasteiger partial charge in [-0.3, -0.25) is 9.59 Å². The van der Waals surface area contributed by atoms with Crippen molar-refractivity contribution in [3.8, 4) is 0 Å². The van der Waals surface area contributed by atoms with Gasteiger partial charge in [0, 0.05) is 11.8 Å². The van der Waals surface area contributed by atoms with Crippen LogP contribution in [-0.4, -0.2) is 45.9 Å². The second-order valence-electron chi connectivity index (χ2n) is 4.09. The highest BCUT2D eigenvalue weighted by atomic mass is 32.2. The third-order valence-electron chi connectivity index (χ3n) is 2.52. The van der Waals surface area contributed by atoms with Gasteiger partial charge in [-0.25, -0.2) is 9.78 Å². The average Bonchev–Trinajstić information content (AvgIpc) is 2.91. The van der Waals surface area contributed by atoms with Crippen molar-refractivity contribution in [3.63, 3.8) is 0 Å². The van der Waals surface area contributed by atoms with E-state index in [1.54, 1.807) is 6.92 Å². The second-order valence-corrected chi connectivity index (χ2v) is 5.93. The molecule has 1 unspecified atom stereocenters. The van der Waals surface area contributed by atoms with Crippen LogP contribution in [0.4, 0.5) is 5.13 Å². The molecule has 0 aromatic carbocycles. The van der Waals surface area contributed by atoms with E-state index in [9.17, 15) is 14.4 Å². The summed E-state index contributed by atoms with van der Waals surface area (Å²) in [5, 5.41) is 15.8.